The topological polar surface area (TPSA) is 77.6 Å². The number of imidazole rings is 1. The molecule has 186 valence electrons. The first-order valence-corrected chi connectivity index (χ1v) is 12.7. The molecule has 6 heterocycles. The number of carbonyl (C=O) groups excluding carboxylic acids is 1. The molecule has 0 aromatic carbocycles. The molecule has 36 heavy (non-hydrogen) atoms. The number of carbonyl (C=O) groups is 1. The lowest BCUT2D eigenvalue weighted by Crippen LogP contribution is -2.41. The number of piperidine rings is 1. The Labute approximate surface area is 205 Å². The van der Waals surface area contributed by atoms with Gasteiger partial charge >= 0.3 is 0 Å². The van der Waals surface area contributed by atoms with Gasteiger partial charge < -0.3 is 9.64 Å². The number of hydrogen-bond acceptors (Lipinski definition) is 5. The largest absolute Gasteiger partial charge is 0.356 e. The van der Waals surface area contributed by atoms with E-state index in [-0.39, 0.29) is 17.8 Å². The smallest absolute Gasteiger partial charge is 0.272 e. The normalized spacial score (nSPS) is 24.2. The lowest BCUT2D eigenvalue weighted by Gasteiger charge is -2.31. The van der Waals surface area contributed by atoms with Gasteiger partial charge in [0, 0.05) is 43.5 Å². The highest BCUT2D eigenvalue weighted by molar-refractivity contribution is 5.99. The van der Waals surface area contributed by atoms with Gasteiger partial charge in [0.15, 0.2) is 17.7 Å². The van der Waals surface area contributed by atoms with Crippen molar-refractivity contribution in [3.8, 4) is 11.4 Å². The summed E-state index contributed by atoms with van der Waals surface area (Å²) in [7, 11) is 0. The van der Waals surface area contributed by atoms with Crippen LogP contribution in [-0.4, -0.2) is 54.7 Å². The number of aromatic nitrogens is 5. The Kier molecular flexibility index (Phi) is 5.06. The summed E-state index contributed by atoms with van der Waals surface area (Å²) in [5.41, 5.74) is 2.03. The first-order valence-electron chi connectivity index (χ1n) is 12.7. The summed E-state index contributed by atoms with van der Waals surface area (Å²) in [4.78, 5) is 24.1. The van der Waals surface area contributed by atoms with Crippen molar-refractivity contribution < 1.29 is 18.3 Å². The van der Waals surface area contributed by atoms with Gasteiger partial charge in [-0.15, -0.1) is 0 Å². The van der Waals surface area contributed by atoms with E-state index in [1.807, 2.05) is 4.90 Å². The van der Waals surface area contributed by atoms with Gasteiger partial charge in [0.2, 0.25) is 0 Å². The average molecular weight is 493 g/mol. The molecular weight excluding hydrogens is 466 g/mol. The maximum absolute atomic E-state index is 14.3. The second-order valence-electron chi connectivity index (χ2n) is 10.3. The highest BCUT2D eigenvalue weighted by atomic mass is 19.1. The number of amides is 1. The summed E-state index contributed by atoms with van der Waals surface area (Å²) in [6, 6.07) is 2.60. The Balaban J connectivity index is 1.35. The minimum atomic E-state index is -0.748. The minimum absolute atomic E-state index is 0.0162. The Morgan fingerprint density at radius 1 is 1.03 bits per heavy atom. The maximum atomic E-state index is 14.3. The van der Waals surface area contributed by atoms with Crippen molar-refractivity contribution in [3.63, 3.8) is 0 Å². The van der Waals surface area contributed by atoms with Crippen LogP contribution in [-0.2, 0) is 4.74 Å². The molecule has 4 aromatic heterocycles. The van der Waals surface area contributed by atoms with Crippen molar-refractivity contribution in [3.05, 3.63) is 48.1 Å². The zero-order chi connectivity index (χ0) is 24.4. The fourth-order valence-corrected chi connectivity index (χ4v) is 6.20. The third-order valence-electron chi connectivity index (χ3n) is 7.90. The molecule has 1 saturated carbocycles. The second-order valence-corrected chi connectivity index (χ2v) is 10.3. The Bertz CT molecular complexity index is 1480. The molecule has 3 fully saturated rings. The Hall–Kier alpha value is -3.40. The highest BCUT2D eigenvalue weighted by Crippen LogP contribution is 2.37. The number of ether oxygens (including phenoxy) is 1. The first kappa shape index (κ1) is 21.8. The van der Waals surface area contributed by atoms with E-state index >= 15 is 0 Å². The van der Waals surface area contributed by atoms with Crippen LogP contribution in [0.15, 0.2) is 30.7 Å². The standard InChI is InChI=1S/C26H26F2N6O2/c27-17-8-19(28)25-30-11-22(33(25)14-17)24-18-10-29-20(26(35)32-12-15-4-5-16(7-15)13-32)9-21(18)34(31-24)23-3-1-2-6-36-23/h8-11,14-16,23H,1-7,12-13H2. The van der Waals surface area contributed by atoms with Crippen molar-refractivity contribution >= 4 is 22.5 Å². The molecule has 10 heteroatoms. The van der Waals surface area contributed by atoms with Crippen LogP contribution in [0.1, 0.15) is 55.2 Å². The summed E-state index contributed by atoms with van der Waals surface area (Å²) in [5.74, 6) is -0.353. The minimum Gasteiger partial charge on any atom is -0.356 e. The molecule has 0 N–H and O–H groups in total. The van der Waals surface area contributed by atoms with E-state index in [0.717, 1.165) is 38.4 Å². The van der Waals surface area contributed by atoms with E-state index in [2.05, 4.69) is 9.97 Å². The lowest BCUT2D eigenvalue weighted by atomic mass is 9.98. The first-order chi connectivity index (χ1) is 17.5. The zero-order valence-electron chi connectivity index (χ0n) is 19.7. The van der Waals surface area contributed by atoms with Crippen molar-refractivity contribution in [1.29, 1.82) is 0 Å². The molecule has 8 nitrogen and oxygen atoms in total. The van der Waals surface area contributed by atoms with Crippen molar-refractivity contribution in [2.75, 3.05) is 19.7 Å². The van der Waals surface area contributed by atoms with E-state index in [1.165, 1.54) is 36.1 Å². The van der Waals surface area contributed by atoms with Crippen LogP contribution in [0, 0.1) is 23.5 Å². The molecule has 2 bridgehead atoms. The zero-order valence-corrected chi connectivity index (χ0v) is 19.7. The summed E-state index contributed by atoms with van der Waals surface area (Å²) >= 11 is 0. The van der Waals surface area contributed by atoms with Crippen molar-refractivity contribution in [2.45, 2.75) is 44.8 Å². The van der Waals surface area contributed by atoms with Crippen LogP contribution in [0.3, 0.4) is 0 Å². The van der Waals surface area contributed by atoms with Crippen LogP contribution in [0.25, 0.3) is 27.9 Å². The molecule has 4 aromatic rings. The van der Waals surface area contributed by atoms with Crippen LogP contribution < -0.4 is 0 Å². The fraction of sp³-hybridized carbons (Fsp3) is 0.462. The molecule has 1 aliphatic carbocycles. The average Bonchev–Trinajstić information content (AvgIpc) is 3.58. The number of nitrogens with zero attached hydrogens (tertiary/aromatic N) is 6. The van der Waals surface area contributed by atoms with Crippen LogP contribution in [0.5, 0.6) is 0 Å². The van der Waals surface area contributed by atoms with Crippen LogP contribution >= 0.6 is 0 Å². The van der Waals surface area contributed by atoms with Gasteiger partial charge in [0.1, 0.15) is 17.2 Å². The van der Waals surface area contributed by atoms with Gasteiger partial charge in [-0.05, 0) is 56.4 Å². The molecule has 7 rings (SSSR count). The summed E-state index contributed by atoms with van der Waals surface area (Å²) in [5, 5.41) is 5.51. The van der Waals surface area contributed by atoms with E-state index in [0.29, 0.717) is 46.4 Å². The summed E-state index contributed by atoms with van der Waals surface area (Å²) < 4.78 is 37.6. The molecule has 3 aliphatic rings. The second kappa shape index (κ2) is 8.33. The third kappa shape index (κ3) is 3.49. The molecular formula is C26H26F2N6O2. The molecule has 1 amide bonds. The molecule has 2 saturated heterocycles. The molecule has 3 atom stereocenters. The third-order valence-corrected chi connectivity index (χ3v) is 7.90. The quantitative estimate of drug-likeness (QED) is 0.418. The van der Waals surface area contributed by atoms with Gasteiger partial charge in [-0.2, -0.15) is 5.10 Å². The van der Waals surface area contributed by atoms with Gasteiger partial charge in [-0.3, -0.25) is 14.2 Å². The van der Waals surface area contributed by atoms with E-state index in [9.17, 15) is 13.6 Å². The monoisotopic (exact) mass is 492 g/mol. The van der Waals surface area contributed by atoms with Crippen LogP contribution in [0.2, 0.25) is 0 Å². The molecule has 0 radical (unpaired) electrons. The Morgan fingerprint density at radius 3 is 2.64 bits per heavy atom. The molecule has 0 spiro atoms. The van der Waals surface area contributed by atoms with Gasteiger partial charge in [-0.1, -0.05) is 0 Å². The van der Waals surface area contributed by atoms with Crippen molar-refractivity contribution in [2.24, 2.45) is 11.8 Å². The number of rotatable bonds is 3. The number of pyridine rings is 2. The predicted molar refractivity (Wildman–Crippen MR) is 127 cm³/mol. The van der Waals surface area contributed by atoms with Crippen molar-refractivity contribution in [1.82, 2.24) is 29.0 Å². The molecule has 2 aliphatic heterocycles. The number of fused-ring (bicyclic) bond motifs is 4. The van der Waals surface area contributed by atoms with Gasteiger partial charge in [-0.25, -0.2) is 18.4 Å². The summed E-state index contributed by atoms with van der Waals surface area (Å²) in [6.45, 7) is 2.19. The predicted octanol–water partition coefficient (Wildman–Crippen LogP) is 4.60. The molecule has 3 unspecified atom stereocenters. The maximum Gasteiger partial charge on any atom is 0.272 e. The number of hydrogen-bond donors (Lipinski definition) is 0. The van der Waals surface area contributed by atoms with Crippen LogP contribution in [0.4, 0.5) is 8.78 Å². The summed E-state index contributed by atoms with van der Waals surface area (Å²) in [6.07, 6.45) is 10.4. The Morgan fingerprint density at radius 2 is 1.86 bits per heavy atom. The SMILES string of the molecule is O=C(c1cc2c(cn1)c(-c1cnc3c(F)cc(F)cn13)nn2C1CCCCO1)N1CC2CCC(C2)C1. The lowest BCUT2D eigenvalue weighted by molar-refractivity contribution is -0.0365. The van der Waals surface area contributed by atoms with E-state index < -0.39 is 11.6 Å². The number of likely N-dealkylation sites (tertiary alicyclic amines) is 1. The van der Waals surface area contributed by atoms with Gasteiger partial charge in [0.05, 0.1) is 17.4 Å². The van der Waals surface area contributed by atoms with Gasteiger partial charge in [0.25, 0.3) is 5.91 Å². The van der Waals surface area contributed by atoms with E-state index in [1.54, 1.807) is 16.9 Å². The highest BCUT2D eigenvalue weighted by Gasteiger charge is 2.36. The number of halogens is 2. The fourth-order valence-electron chi connectivity index (χ4n) is 6.20. The van der Waals surface area contributed by atoms with E-state index in [4.69, 9.17) is 9.84 Å².